The molecule has 1 rings (SSSR count). The van der Waals surface area contributed by atoms with Gasteiger partial charge in [-0.25, -0.2) is 0 Å². The molecule has 0 aliphatic carbocycles. The number of carbonyl (C=O) groups is 1. The van der Waals surface area contributed by atoms with Gasteiger partial charge in [-0.2, -0.15) is 13.2 Å². The highest BCUT2D eigenvalue weighted by Gasteiger charge is 2.33. The number of rotatable bonds is 4. The summed E-state index contributed by atoms with van der Waals surface area (Å²) in [7, 11) is 0. The minimum Gasteiger partial charge on any atom is -0.469 e. The zero-order valence-electron chi connectivity index (χ0n) is 9.05. The summed E-state index contributed by atoms with van der Waals surface area (Å²) in [5.74, 6) is -0.197. The first-order valence-corrected chi connectivity index (χ1v) is 5.93. The molecule has 0 bridgehead atoms. The van der Waals surface area contributed by atoms with Gasteiger partial charge in [0.25, 0.3) is 5.91 Å². The highest BCUT2D eigenvalue weighted by atomic mass is 79.9. The van der Waals surface area contributed by atoms with Gasteiger partial charge in [0, 0.05) is 11.9 Å². The number of halogens is 4. The van der Waals surface area contributed by atoms with Crippen molar-refractivity contribution in [2.75, 3.05) is 18.4 Å². The number of aryl methyl sites for hydroxylation is 1. The van der Waals surface area contributed by atoms with Gasteiger partial charge < -0.3 is 9.32 Å². The van der Waals surface area contributed by atoms with Crippen LogP contribution in [0.5, 0.6) is 0 Å². The van der Waals surface area contributed by atoms with Gasteiger partial charge in [0.15, 0.2) is 0 Å². The van der Waals surface area contributed by atoms with Gasteiger partial charge in [0.2, 0.25) is 0 Å². The molecule has 0 aliphatic heterocycles. The summed E-state index contributed by atoms with van der Waals surface area (Å²) in [5.41, 5.74) is 0.132. The van der Waals surface area contributed by atoms with E-state index in [9.17, 15) is 18.0 Å². The number of hydrogen-bond donors (Lipinski definition) is 0. The predicted molar refractivity (Wildman–Crippen MR) is 59.2 cm³/mol. The zero-order valence-corrected chi connectivity index (χ0v) is 10.6. The largest absolute Gasteiger partial charge is 0.469 e. The van der Waals surface area contributed by atoms with Gasteiger partial charge in [-0.3, -0.25) is 4.79 Å². The molecule has 17 heavy (non-hydrogen) atoms. The Hall–Kier alpha value is -0.980. The quantitative estimate of drug-likeness (QED) is 0.801. The van der Waals surface area contributed by atoms with Crippen molar-refractivity contribution in [1.82, 2.24) is 4.90 Å². The van der Waals surface area contributed by atoms with Crippen molar-refractivity contribution in [3.05, 3.63) is 23.7 Å². The van der Waals surface area contributed by atoms with Crippen molar-refractivity contribution < 1.29 is 22.4 Å². The Labute approximate surface area is 105 Å². The molecule has 0 fully saturated rings. The summed E-state index contributed by atoms with van der Waals surface area (Å²) >= 11 is 3.02. The van der Waals surface area contributed by atoms with Crippen LogP contribution in [0.15, 0.2) is 16.7 Å². The fraction of sp³-hybridized carbons (Fsp3) is 0.500. The van der Waals surface area contributed by atoms with Gasteiger partial charge in [-0.15, -0.1) is 0 Å². The molecule has 0 saturated heterocycles. The monoisotopic (exact) mass is 313 g/mol. The van der Waals surface area contributed by atoms with Crippen molar-refractivity contribution in [3.63, 3.8) is 0 Å². The second-order valence-corrected chi connectivity index (χ2v) is 4.27. The van der Waals surface area contributed by atoms with Crippen LogP contribution in [0.25, 0.3) is 0 Å². The van der Waals surface area contributed by atoms with Crippen LogP contribution in [0.4, 0.5) is 13.2 Å². The maximum atomic E-state index is 12.3. The maximum Gasteiger partial charge on any atom is 0.406 e. The van der Waals surface area contributed by atoms with E-state index < -0.39 is 18.6 Å². The molecule has 1 aromatic heterocycles. The van der Waals surface area contributed by atoms with Crippen LogP contribution in [0.1, 0.15) is 16.1 Å². The first-order valence-electron chi connectivity index (χ1n) is 4.80. The Kier molecular flexibility index (Phi) is 4.62. The second-order valence-electron chi connectivity index (χ2n) is 3.48. The number of furan rings is 1. The first-order chi connectivity index (χ1) is 7.83. The fourth-order valence-corrected chi connectivity index (χ4v) is 1.74. The van der Waals surface area contributed by atoms with Crippen molar-refractivity contribution >= 4 is 21.8 Å². The number of hydrogen-bond acceptors (Lipinski definition) is 2. The minimum absolute atomic E-state index is 0.0113. The van der Waals surface area contributed by atoms with Gasteiger partial charge in [0.1, 0.15) is 18.6 Å². The Bertz CT molecular complexity index is 389. The third kappa shape index (κ3) is 4.41. The van der Waals surface area contributed by atoms with E-state index in [1.165, 1.54) is 6.07 Å². The molecule has 0 N–H and O–H groups in total. The molecule has 7 heteroatoms. The highest BCUT2D eigenvalue weighted by Crippen LogP contribution is 2.19. The van der Waals surface area contributed by atoms with Crippen molar-refractivity contribution in [2.24, 2.45) is 0 Å². The van der Waals surface area contributed by atoms with E-state index in [0.717, 1.165) is 11.2 Å². The van der Waals surface area contributed by atoms with Crippen LogP contribution in [0, 0.1) is 6.92 Å². The molecular formula is C10H11BrF3NO2. The van der Waals surface area contributed by atoms with Crippen LogP contribution >= 0.6 is 15.9 Å². The molecule has 0 saturated carbocycles. The smallest absolute Gasteiger partial charge is 0.406 e. The Morgan fingerprint density at radius 1 is 1.53 bits per heavy atom. The number of amides is 1. The lowest BCUT2D eigenvalue weighted by molar-refractivity contribution is -0.140. The third-order valence-electron chi connectivity index (χ3n) is 1.99. The normalized spacial score (nSPS) is 11.6. The van der Waals surface area contributed by atoms with E-state index in [4.69, 9.17) is 4.42 Å². The molecular weight excluding hydrogens is 303 g/mol. The zero-order chi connectivity index (χ0) is 13.1. The van der Waals surface area contributed by atoms with Gasteiger partial charge in [0.05, 0.1) is 5.56 Å². The van der Waals surface area contributed by atoms with Crippen LogP contribution in [-0.2, 0) is 0 Å². The van der Waals surface area contributed by atoms with E-state index >= 15 is 0 Å². The molecule has 1 heterocycles. The summed E-state index contributed by atoms with van der Waals surface area (Å²) in [4.78, 5) is 12.5. The summed E-state index contributed by atoms with van der Waals surface area (Å²) in [6.45, 7) is 0.347. The third-order valence-corrected chi connectivity index (χ3v) is 2.34. The molecule has 1 amide bonds. The molecule has 96 valence electrons. The highest BCUT2D eigenvalue weighted by molar-refractivity contribution is 9.09. The molecule has 1 aromatic rings. The molecule has 0 aliphatic rings. The predicted octanol–water partition coefficient (Wildman–Crippen LogP) is 2.99. The lowest BCUT2D eigenvalue weighted by atomic mass is 10.2. The molecule has 0 aromatic carbocycles. The Morgan fingerprint density at radius 2 is 2.18 bits per heavy atom. The van der Waals surface area contributed by atoms with E-state index in [1.54, 1.807) is 6.92 Å². The van der Waals surface area contributed by atoms with E-state index in [-0.39, 0.29) is 17.4 Å². The van der Waals surface area contributed by atoms with Gasteiger partial charge in [-0.1, -0.05) is 15.9 Å². The topological polar surface area (TPSA) is 33.5 Å². The Morgan fingerprint density at radius 3 is 2.59 bits per heavy atom. The van der Waals surface area contributed by atoms with Crippen LogP contribution in [-0.4, -0.2) is 35.4 Å². The van der Waals surface area contributed by atoms with E-state index in [2.05, 4.69) is 15.9 Å². The standard InChI is InChI=1S/C10H11BrF3NO2/c1-7-4-8(5-17-7)9(16)15(3-2-11)6-10(12,13)14/h4-5H,2-3,6H2,1H3. The van der Waals surface area contributed by atoms with Crippen molar-refractivity contribution in [2.45, 2.75) is 13.1 Å². The molecule has 0 radical (unpaired) electrons. The first kappa shape index (κ1) is 14.1. The Balaban J connectivity index is 2.80. The SMILES string of the molecule is Cc1cc(C(=O)N(CCBr)CC(F)(F)F)co1. The number of nitrogens with zero attached hydrogens (tertiary/aromatic N) is 1. The van der Waals surface area contributed by atoms with E-state index in [1.807, 2.05) is 0 Å². The summed E-state index contributed by atoms with van der Waals surface area (Å²) in [6.07, 6.45) is -3.24. The fourth-order valence-electron chi connectivity index (χ4n) is 1.31. The van der Waals surface area contributed by atoms with Crippen LogP contribution in [0.3, 0.4) is 0 Å². The average molecular weight is 314 g/mol. The van der Waals surface area contributed by atoms with Crippen molar-refractivity contribution in [1.29, 1.82) is 0 Å². The van der Waals surface area contributed by atoms with Gasteiger partial charge >= 0.3 is 6.18 Å². The number of alkyl halides is 4. The lowest BCUT2D eigenvalue weighted by Gasteiger charge is -2.22. The number of carbonyl (C=O) groups excluding carboxylic acids is 1. The van der Waals surface area contributed by atoms with Crippen LogP contribution in [0.2, 0.25) is 0 Å². The average Bonchev–Trinajstić information content (AvgIpc) is 2.61. The second kappa shape index (κ2) is 5.57. The lowest BCUT2D eigenvalue weighted by Crippen LogP contribution is -2.40. The molecule has 3 nitrogen and oxygen atoms in total. The van der Waals surface area contributed by atoms with Gasteiger partial charge in [-0.05, 0) is 13.0 Å². The summed E-state index contributed by atoms with van der Waals surface area (Å²) < 4.78 is 41.7. The minimum atomic E-state index is -4.41. The molecule has 0 spiro atoms. The molecule has 0 unspecified atom stereocenters. The summed E-state index contributed by atoms with van der Waals surface area (Å²) in [6, 6.07) is 1.42. The summed E-state index contributed by atoms with van der Waals surface area (Å²) in [5, 5.41) is 0.283. The molecule has 0 atom stereocenters. The van der Waals surface area contributed by atoms with Crippen LogP contribution < -0.4 is 0 Å². The van der Waals surface area contributed by atoms with Crippen molar-refractivity contribution in [3.8, 4) is 0 Å². The maximum absolute atomic E-state index is 12.3. The van der Waals surface area contributed by atoms with E-state index in [0.29, 0.717) is 5.76 Å².